The first kappa shape index (κ1) is 15.0. The summed E-state index contributed by atoms with van der Waals surface area (Å²) in [5.41, 5.74) is 1.29. The highest BCUT2D eigenvalue weighted by molar-refractivity contribution is 6.28. The first-order valence-electron chi connectivity index (χ1n) is 6.44. The summed E-state index contributed by atoms with van der Waals surface area (Å²) < 4.78 is 6.98. The molecule has 110 valence electrons. The van der Waals surface area contributed by atoms with Crippen LogP contribution in [0.25, 0.3) is 11.2 Å². The van der Waals surface area contributed by atoms with Crippen molar-refractivity contribution in [2.24, 2.45) is 0 Å². The van der Waals surface area contributed by atoms with Crippen molar-refractivity contribution >= 4 is 28.6 Å². The fraction of sp³-hybridized carbons (Fsp3) is 0.583. The minimum atomic E-state index is -0.0880. The average molecular weight is 300 g/mol. The summed E-state index contributed by atoms with van der Waals surface area (Å²) in [4.78, 5) is 12.5. The lowest BCUT2D eigenvalue weighted by atomic mass is 10.2. The van der Waals surface area contributed by atoms with E-state index in [4.69, 9.17) is 16.3 Å². The molecule has 2 heterocycles. The van der Waals surface area contributed by atoms with Crippen LogP contribution in [0.15, 0.2) is 6.33 Å². The molecule has 0 aromatic carbocycles. The molecule has 0 aliphatic heterocycles. The van der Waals surface area contributed by atoms with Gasteiger partial charge in [0.2, 0.25) is 5.28 Å². The van der Waals surface area contributed by atoms with Crippen molar-refractivity contribution in [1.82, 2.24) is 19.5 Å². The van der Waals surface area contributed by atoms with Crippen molar-refractivity contribution in [2.45, 2.75) is 25.9 Å². The lowest BCUT2D eigenvalue weighted by molar-refractivity contribution is 0.188. The second-order valence-electron chi connectivity index (χ2n) is 4.38. The van der Waals surface area contributed by atoms with Crippen LogP contribution in [0.3, 0.4) is 0 Å². The lowest BCUT2D eigenvalue weighted by Gasteiger charge is -2.16. The van der Waals surface area contributed by atoms with Gasteiger partial charge in [0.1, 0.15) is 5.52 Å². The van der Waals surface area contributed by atoms with Gasteiger partial charge in [-0.2, -0.15) is 9.97 Å². The van der Waals surface area contributed by atoms with Crippen molar-refractivity contribution < 1.29 is 9.84 Å². The van der Waals surface area contributed by atoms with Crippen LogP contribution in [0.5, 0.6) is 0 Å². The number of nitrogens with one attached hydrogen (secondary N) is 1. The Morgan fingerprint density at radius 3 is 2.95 bits per heavy atom. The summed E-state index contributed by atoms with van der Waals surface area (Å²) in [5.74, 6) is 0.578. The number of aliphatic hydroxyl groups excluding tert-OH is 1. The second kappa shape index (κ2) is 6.83. The van der Waals surface area contributed by atoms with Crippen LogP contribution in [0.1, 0.15) is 13.3 Å². The Balaban J connectivity index is 2.41. The molecule has 0 saturated carbocycles. The number of methoxy groups -OCH3 is 1. The molecular weight excluding hydrogens is 282 g/mol. The van der Waals surface area contributed by atoms with Crippen molar-refractivity contribution in [1.29, 1.82) is 0 Å². The van der Waals surface area contributed by atoms with Crippen LogP contribution in [0, 0.1) is 0 Å². The largest absolute Gasteiger partial charge is 0.394 e. The van der Waals surface area contributed by atoms with Gasteiger partial charge in [-0.1, -0.05) is 6.92 Å². The molecule has 0 fully saturated rings. The third kappa shape index (κ3) is 3.17. The van der Waals surface area contributed by atoms with Gasteiger partial charge >= 0.3 is 0 Å². The van der Waals surface area contributed by atoms with Gasteiger partial charge in [-0.15, -0.1) is 0 Å². The number of halogens is 1. The van der Waals surface area contributed by atoms with E-state index < -0.39 is 0 Å². The van der Waals surface area contributed by atoms with Crippen LogP contribution in [0.2, 0.25) is 5.28 Å². The van der Waals surface area contributed by atoms with E-state index in [1.807, 2.05) is 11.5 Å². The van der Waals surface area contributed by atoms with E-state index in [1.165, 1.54) is 0 Å². The molecule has 0 aliphatic carbocycles. The minimum absolute atomic E-state index is 0.0197. The van der Waals surface area contributed by atoms with Gasteiger partial charge in [0, 0.05) is 13.7 Å². The van der Waals surface area contributed by atoms with Crippen molar-refractivity contribution in [3.05, 3.63) is 11.6 Å². The molecule has 2 aromatic rings. The molecule has 1 unspecified atom stereocenters. The Morgan fingerprint density at radius 2 is 2.30 bits per heavy atom. The molecule has 2 rings (SSSR count). The summed E-state index contributed by atoms with van der Waals surface area (Å²) in [7, 11) is 1.64. The monoisotopic (exact) mass is 299 g/mol. The van der Waals surface area contributed by atoms with Crippen molar-refractivity contribution in [3.63, 3.8) is 0 Å². The number of aliphatic hydroxyl groups is 1. The first-order chi connectivity index (χ1) is 9.69. The molecule has 1 atom stereocenters. The van der Waals surface area contributed by atoms with Gasteiger partial charge in [0.25, 0.3) is 0 Å². The van der Waals surface area contributed by atoms with Gasteiger partial charge < -0.3 is 19.7 Å². The molecule has 0 radical (unpaired) electrons. The molecular formula is C12H18ClN5O2. The van der Waals surface area contributed by atoms with Gasteiger partial charge in [0.05, 0.1) is 25.6 Å². The quantitative estimate of drug-likeness (QED) is 0.750. The molecule has 0 spiro atoms. The Bertz CT molecular complexity index is 570. The van der Waals surface area contributed by atoms with E-state index in [0.29, 0.717) is 24.6 Å². The molecule has 0 saturated heterocycles. The van der Waals surface area contributed by atoms with E-state index >= 15 is 0 Å². The number of nitrogens with zero attached hydrogens (tertiary/aromatic N) is 4. The molecule has 0 amide bonds. The molecule has 7 nitrogen and oxygen atoms in total. The number of fused-ring (bicyclic) bond motifs is 1. The van der Waals surface area contributed by atoms with Gasteiger partial charge in [-0.05, 0) is 18.0 Å². The zero-order valence-corrected chi connectivity index (χ0v) is 12.3. The fourth-order valence-electron chi connectivity index (χ4n) is 1.88. The summed E-state index contributed by atoms with van der Waals surface area (Å²) in [6.07, 6.45) is 2.45. The van der Waals surface area contributed by atoms with Crippen LogP contribution in [-0.2, 0) is 11.3 Å². The maximum atomic E-state index is 9.31. The van der Waals surface area contributed by atoms with E-state index in [0.717, 1.165) is 11.9 Å². The summed E-state index contributed by atoms with van der Waals surface area (Å²) in [6.45, 7) is 3.20. The molecule has 0 bridgehead atoms. The summed E-state index contributed by atoms with van der Waals surface area (Å²) in [5, 5.41) is 12.6. The number of aromatic nitrogens is 4. The molecule has 2 aromatic heterocycles. The average Bonchev–Trinajstić information content (AvgIpc) is 2.85. The van der Waals surface area contributed by atoms with E-state index in [1.54, 1.807) is 13.4 Å². The molecule has 20 heavy (non-hydrogen) atoms. The lowest BCUT2D eigenvalue weighted by Crippen LogP contribution is -2.24. The maximum Gasteiger partial charge on any atom is 0.226 e. The van der Waals surface area contributed by atoms with Gasteiger partial charge in [-0.3, -0.25) is 0 Å². The normalized spacial score (nSPS) is 12.8. The maximum absolute atomic E-state index is 9.31. The van der Waals surface area contributed by atoms with Gasteiger partial charge in [0.15, 0.2) is 11.5 Å². The first-order valence-corrected chi connectivity index (χ1v) is 6.82. The second-order valence-corrected chi connectivity index (χ2v) is 4.71. The van der Waals surface area contributed by atoms with Crippen LogP contribution in [-0.4, -0.2) is 51.0 Å². The van der Waals surface area contributed by atoms with Gasteiger partial charge in [-0.25, -0.2) is 4.98 Å². The number of hydrogen-bond acceptors (Lipinski definition) is 6. The highest BCUT2D eigenvalue weighted by Crippen LogP contribution is 2.22. The Hall–Kier alpha value is -1.44. The zero-order valence-electron chi connectivity index (χ0n) is 11.5. The van der Waals surface area contributed by atoms with Crippen LogP contribution >= 0.6 is 11.6 Å². The van der Waals surface area contributed by atoms with Crippen molar-refractivity contribution in [3.8, 4) is 0 Å². The number of ether oxygens (including phenoxy) is 1. The predicted molar refractivity (Wildman–Crippen MR) is 77.0 cm³/mol. The third-order valence-electron chi connectivity index (χ3n) is 3.04. The highest BCUT2D eigenvalue weighted by atomic mass is 35.5. The number of anilines is 1. The van der Waals surface area contributed by atoms with E-state index in [9.17, 15) is 5.11 Å². The Kier molecular flexibility index (Phi) is 5.11. The Morgan fingerprint density at radius 1 is 1.50 bits per heavy atom. The van der Waals surface area contributed by atoms with E-state index in [2.05, 4.69) is 20.3 Å². The molecule has 8 heteroatoms. The van der Waals surface area contributed by atoms with Crippen molar-refractivity contribution in [2.75, 3.05) is 25.6 Å². The highest BCUT2D eigenvalue weighted by Gasteiger charge is 2.15. The van der Waals surface area contributed by atoms with Crippen LogP contribution < -0.4 is 5.32 Å². The summed E-state index contributed by atoms with van der Waals surface area (Å²) >= 11 is 5.91. The topological polar surface area (TPSA) is 85.1 Å². The number of hydrogen-bond donors (Lipinski definition) is 2. The third-order valence-corrected chi connectivity index (χ3v) is 3.20. The van der Waals surface area contributed by atoms with Crippen LogP contribution in [0.4, 0.5) is 5.82 Å². The number of rotatable bonds is 7. The summed E-state index contributed by atoms with van der Waals surface area (Å²) in [6, 6.07) is -0.0880. The number of imidazole rings is 1. The smallest absolute Gasteiger partial charge is 0.226 e. The molecule has 2 N–H and O–H groups in total. The Labute approximate surface area is 122 Å². The minimum Gasteiger partial charge on any atom is -0.394 e. The SMILES string of the molecule is CCC(CO)Nc1nc(Cl)nc2ncn(CCOC)c12. The zero-order chi connectivity index (χ0) is 14.5. The molecule has 0 aliphatic rings. The standard InChI is InChI=1S/C12H18ClN5O2/c1-3-8(6-19)15-11-9-10(16-12(13)17-11)14-7-18(9)4-5-20-2/h7-8,19H,3-6H2,1-2H3,(H,15,16,17). The predicted octanol–water partition coefficient (Wildman–Crippen LogP) is 1.31. The fourth-order valence-corrected chi connectivity index (χ4v) is 2.05. The van der Waals surface area contributed by atoms with E-state index in [-0.39, 0.29) is 17.9 Å².